The van der Waals surface area contributed by atoms with Crippen molar-refractivity contribution in [1.29, 1.82) is 0 Å². The first-order valence-corrected chi connectivity index (χ1v) is 8.79. The molecule has 0 unspecified atom stereocenters. The Kier molecular flexibility index (Phi) is 4.36. The Morgan fingerprint density at radius 1 is 1.00 bits per heavy atom. The topological polar surface area (TPSA) is 16.8 Å². The molecule has 0 amide bonds. The highest BCUT2D eigenvalue weighted by atomic mass is 19.1. The molecule has 0 saturated carbocycles. The largest absolute Gasteiger partial charge is 0.252 e. The monoisotopic (exact) mass is 337 g/mol. The zero-order chi connectivity index (χ0) is 18.5. The molecule has 0 spiro atoms. The van der Waals surface area contributed by atoms with Crippen LogP contribution in [0, 0.1) is 33.5 Å². The molecule has 0 saturated heterocycles. The van der Waals surface area contributed by atoms with Crippen molar-refractivity contribution in [2.75, 3.05) is 0 Å². The standard InChI is InChI=1S/C22H26FN2/c1-12(2)19-9-8-17-20(24-19)11-14(4)25(7)22(17)18-10-13(3)21(23)16(6)15(18)5/h8-12H,1-7H3/q+1. The molecule has 0 aliphatic rings. The van der Waals surface area contributed by atoms with Gasteiger partial charge >= 0.3 is 0 Å². The summed E-state index contributed by atoms with van der Waals surface area (Å²) in [5.41, 5.74) is 7.78. The maximum Gasteiger partial charge on any atom is 0.222 e. The lowest BCUT2D eigenvalue weighted by atomic mass is 9.94. The number of rotatable bonds is 2. The lowest BCUT2D eigenvalue weighted by Crippen LogP contribution is -2.35. The summed E-state index contributed by atoms with van der Waals surface area (Å²) in [7, 11) is 2.06. The molecular weight excluding hydrogens is 311 g/mol. The Bertz CT molecular complexity index is 987. The number of fused-ring (bicyclic) bond motifs is 1. The Morgan fingerprint density at radius 3 is 2.32 bits per heavy atom. The molecule has 0 fully saturated rings. The molecule has 2 aromatic heterocycles. The van der Waals surface area contributed by atoms with Crippen molar-refractivity contribution in [2.45, 2.75) is 47.5 Å². The minimum Gasteiger partial charge on any atom is -0.252 e. The van der Waals surface area contributed by atoms with E-state index in [1.165, 1.54) is 0 Å². The van der Waals surface area contributed by atoms with Crippen LogP contribution in [0.2, 0.25) is 0 Å². The third-order valence-electron chi connectivity index (χ3n) is 5.26. The van der Waals surface area contributed by atoms with Crippen molar-refractivity contribution < 1.29 is 8.96 Å². The van der Waals surface area contributed by atoms with E-state index in [0.717, 1.165) is 44.7 Å². The normalized spacial score (nSPS) is 11.6. The lowest BCUT2D eigenvalue weighted by molar-refractivity contribution is -0.665. The van der Waals surface area contributed by atoms with Crippen LogP contribution in [0.3, 0.4) is 0 Å². The molecule has 0 atom stereocenters. The highest BCUT2D eigenvalue weighted by Gasteiger charge is 2.23. The van der Waals surface area contributed by atoms with E-state index in [1.54, 1.807) is 0 Å². The van der Waals surface area contributed by atoms with Crippen molar-refractivity contribution >= 4 is 10.9 Å². The van der Waals surface area contributed by atoms with Gasteiger partial charge in [-0.1, -0.05) is 13.8 Å². The first-order valence-electron chi connectivity index (χ1n) is 8.79. The molecule has 0 aliphatic carbocycles. The fourth-order valence-electron chi connectivity index (χ4n) is 3.40. The lowest BCUT2D eigenvalue weighted by Gasteiger charge is -2.14. The Balaban J connectivity index is 2.42. The van der Waals surface area contributed by atoms with Gasteiger partial charge in [0.05, 0.1) is 16.5 Å². The molecule has 0 bridgehead atoms. The van der Waals surface area contributed by atoms with Crippen LogP contribution in [0.4, 0.5) is 4.39 Å². The van der Waals surface area contributed by atoms with Crippen molar-refractivity contribution in [1.82, 2.24) is 4.98 Å². The molecule has 2 heterocycles. The van der Waals surface area contributed by atoms with E-state index >= 15 is 0 Å². The molecule has 3 heteroatoms. The van der Waals surface area contributed by atoms with Crippen LogP contribution in [0.5, 0.6) is 0 Å². The Morgan fingerprint density at radius 2 is 1.68 bits per heavy atom. The minimum atomic E-state index is -0.110. The van der Waals surface area contributed by atoms with E-state index in [-0.39, 0.29) is 5.82 Å². The third-order valence-corrected chi connectivity index (χ3v) is 5.26. The summed E-state index contributed by atoms with van der Waals surface area (Å²) in [6.07, 6.45) is 0. The Hall–Kier alpha value is -2.29. The van der Waals surface area contributed by atoms with Crippen LogP contribution >= 0.6 is 0 Å². The van der Waals surface area contributed by atoms with Crippen LogP contribution in [0.25, 0.3) is 22.2 Å². The molecule has 0 radical (unpaired) electrons. The van der Waals surface area contributed by atoms with Crippen molar-refractivity contribution in [2.24, 2.45) is 7.05 Å². The molecule has 25 heavy (non-hydrogen) atoms. The average molecular weight is 337 g/mol. The van der Waals surface area contributed by atoms with E-state index in [2.05, 4.69) is 50.6 Å². The van der Waals surface area contributed by atoms with Gasteiger partial charge in [0.2, 0.25) is 5.69 Å². The predicted octanol–water partition coefficient (Wildman–Crippen LogP) is 5.22. The zero-order valence-corrected chi connectivity index (χ0v) is 16.2. The van der Waals surface area contributed by atoms with Gasteiger partial charge in [-0.15, -0.1) is 0 Å². The van der Waals surface area contributed by atoms with E-state index in [0.29, 0.717) is 11.5 Å². The molecule has 3 rings (SSSR count). The quantitative estimate of drug-likeness (QED) is 0.586. The number of nitrogens with zero attached hydrogens (tertiary/aromatic N) is 2. The molecule has 0 aliphatic heterocycles. The van der Waals surface area contributed by atoms with Crippen LogP contribution in [0.15, 0.2) is 24.3 Å². The molecule has 0 N–H and O–H groups in total. The third kappa shape index (κ3) is 2.82. The summed E-state index contributed by atoms with van der Waals surface area (Å²) in [5.74, 6) is 0.278. The molecule has 130 valence electrons. The number of hydrogen-bond donors (Lipinski definition) is 0. The second-order valence-electron chi connectivity index (χ2n) is 7.32. The second-order valence-corrected chi connectivity index (χ2v) is 7.32. The van der Waals surface area contributed by atoms with E-state index < -0.39 is 0 Å². The molecule has 3 aromatic rings. The van der Waals surface area contributed by atoms with Gasteiger partial charge in [-0.25, -0.2) is 4.39 Å². The van der Waals surface area contributed by atoms with Crippen LogP contribution in [-0.4, -0.2) is 4.98 Å². The predicted molar refractivity (Wildman–Crippen MR) is 101 cm³/mol. The van der Waals surface area contributed by atoms with E-state index in [1.807, 2.05) is 26.8 Å². The number of aromatic nitrogens is 2. The minimum absolute atomic E-state index is 0.110. The highest BCUT2D eigenvalue weighted by molar-refractivity contribution is 5.92. The summed E-state index contributed by atoms with van der Waals surface area (Å²) < 4.78 is 16.5. The maximum atomic E-state index is 14.3. The molecular formula is C22H26FN2+. The first-order chi connectivity index (χ1) is 11.7. The van der Waals surface area contributed by atoms with Crippen molar-refractivity contribution in [3.8, 4) is 11.3 Å². The fourth-order valence-corrected chi connectivity index (χ4v) is 3.40. The summed E-state index contributed by atoms with van der Waals surface area (Å²) in [6.45, 7) is 12.1. The van der Waals surface area contributed by atoms with Gasteiger partial charge < -0.3 is 0 Å². The molecule has 1 aromatic carbocycles. The molecule has 2 nitrogen and oxygen atoms in total. The van der Waals surface area contributed by atoms with Crippen molar-refractivity contribution in [3.05, 3.63) is 58.2 Å². The fraction of sp³-hybridized carbons (Fsp3) is 0.364. The van der Waals surface area contributed by atoms with Gasteiger partial charge in [-0.3, -0.25) is 4.98 Å². The maximum absolute atomic E-state index is 14.3. The van der Waals surface area contributed by atoms with E-state index in [9.17, 15) is 4.39 Å². The summed E-state index contributed by atoms with van der Waals surface area (Å²) in [4.78, 5) is 4.87. The van der Waals surface area contributed by atoms with Gasteiger partial charge in [-0.05, 0) is 61.6 Å². The number of pyridine rings is 2. The summed E-state index contributed by atoms with van der Waals surface area (Å²) >= 11 is 0. The van der Waals surface area contributed by atoms with Crippen LogP contribution < -0.4 is 4.57 Å². The van der Waals surface area contributed by atoms with Crippen molar-refractivity contribution in [3.63, 3.8) is 0 Å². The summed E-state index contributed by atoms with van der Waals surface area (Å²) in [5, 5.41) is 1.10. The van der Waals surface area contributed by atoms with Gasteiger partial charge in [0.25, 0.3) is 0 Å². The van der Waals surface area contributed by atoms with Crippen LogP contribution in [-0.2, 0) is 7.05 Å². The zero-order valence-electron chi connectivity index (χ0n) is 16.2. The first kappa shape index (κ1) is 17.5. The number of benzene rings is 1. The van der Waals surface area contributed by atoms with Gasteiger partial charge in [0.15, 0.2) is 5.69 Å². The number of aryl methyl sites for hydroxylation is 2. The van der Waals surface area contributed by atoms with Gasteiger partial charge in [0, 0.05) is 18.7 Å². The number of halogens is 1. The van der Waals surface area contributed by atoms with Gasteiger partial charge in [-0.2, -0.15) is 4.57 Å². The smallest absolute Gasteiger partial charge is 0.222 e. The van der Waals surface area contributed by atoms with E-state index in [4.69, 9.17) is 4.98 Å². The summed E-state index contributed by atoms with van der Waals surface area (Å²) in [6, 6.07) is 8.34. The second kappa shape index (κ2) is 6.21. The number of hydrogen-bond acceptors (Lipinski definition) is 1. The SMILES string of the molecule is Cc1cc(-c2c3ccc(C(C)C)nc3cc(C)[n+]2C)c(C)c(C)c1F. The van der Waals surface area contributed by atoms with Crippen LogP contribution in [0.1, 0.15) is 47.8 Å². The highest BCUT2D eigenvalue weighted by Crippen LogP contribution is 2.32. The Labute approximate surface area is 149 Å². The van der Waals surface area contributed by atoms with Gasteiger partial charge in [0.1, 0.15) is 12.9 Å². The average Bonchev–Trinajstić information content (AvgIpc) is 2.57.